The van der Waals surface area contributed by atoms with Crippen LogP contribution in [0.2, 0.25) is 5.02 Å². The molecule has 1 aromatic rings. The van der Waals surface area contributed by atoms with Crippen molar-refractivity contribution in [1.29, 1.82) is 0 Å². The Morgan fingerprint density at radius 3 is 2.89 bits per heavy atom. The molecule has 0 aromatic heterocycles. The van der Waals surface area contributed by atoms with Gasteiger partial charge in [-0.2, -0.15) is 0 Å². The van der Waals surface area contributed by atoms with Crippen molar-refractivity contribution in [1.82, 2.24) is 0 Å². The molecule has 0 saturated heterocycles. The second-order valence-electron chi connectivity index (χ2n) is 4.25. The Labute approximate surface area is 109 Å². The number of ether oxygens (including phenoxy) is 1. The largest absolute Gasteiger partial charge is 0.488 e. The number of halogens is 1. The number of benzene rings is 1. The summed E-state index contributed by atoms with van der Waals surface area (Å²) in [5, 5.41) is 11.0. The van der Waals surface area contributed by atoms with Crippen LogP contribution in [0.5, 0.6) is 5.75 Å². The van der Waals surface area contributed by atoms with Gasteiger partial charge in [0.05, 0.1) is 16.0 Å². The minimum absolute atomic E-state index is 0.0727. The number of hydrogen-bond acceptors (Lipinski definition) is 4. The Hall–Kier alpha value is -1.62. The number of non-ortho nitro benzene ring substituents is 1. The van der Waals surface area contributed by atoms with E-state index in [-0.39, 0.29) is 23.3 Å². The molecule has 1 aromatic carbocycles. The van der Waals surface area contributed by atoms with E-state index in [0.717, 1.165) is 12.8 Å². The van der Waals surface area contributed by atoms with E-state index >= 15 is 0 Å². The van der Waals surface area contributed by atoms with Crippen LogP contribution < -0.4 is 4.74 Å². The molecule has 0 amide bonds. The number of carbonyl (C=O) groups excluding carboxylic acids is 1. The summed E-state index contributed by atoms with van der Waals surface area (Å²) in [5.41, 5.74) is -0.0727. The number of ketones is 1. The zero-order valence-electron chi connectivity index (χ0n) is 9.60. The van der Waals surface area contributed by atoms with Gasteiger partial charge in [-0.25, -0.2) is 0 Å². The fourth-order valence-corrected chi connectivity index (χ4v) is 2.12. The van der Waals surface area contributed by atoms with Crippen molar-refractivity contribution >= 4 is 23.1 Å². The molecule has 0 spiro atoms. The summed E-state index contributed by atoms with van der Waals surface area (Å²) in [6.45, 7) is 0. The average molecular weight is 270 g/mol. The van der Waals surface area contributed by atoms with Gasteiger partial charge in [0.1, 0.15) is 17.6 Å². The van der Waals surface area contributed by atoms with E-state index in [0.29, 0.717) is 17.9 Å². The molecule has 0 radical (unpaired) electrons. The smallest absolute Gasteiger partial charge is 0.273 e. The predicted molar refractivity (Wildman–Crippen MR) is 66.0 cm³/mol. The lowest BCUT2D eigenvalue weighted by atomic mass is 9.96. The van der Waals surface area contributed by atoms with E-state index in [1.807, 2.05) is 0 Å². The molecular weight excluding hydrogens is 258 g/mol. The minimum atomic E-state index is -0.505. The van der Waals surface area contributed by atoms with E-state index in [1.165, 1.54) is 18.2 Å². The molecule has 1 fully saturated rings. The first-order chi connectivity index (χ1) is 8.56. The molecule has 1 aliphatic rings. The van der Waals surface area contributed by atoms with Crippen molar-refractivity contribution in [2.24, 2.45) is 0 Å². The number of carbonyl (C=O) groups is 1. The van der Waals surface area contributed by atoms with Crippen LogP contribution in [0.3, 0.4) is 0 Å². The van der Waals surface area contributed by atoms with E-state index in [4.69, 9.17) is 16.3 Å². The molecule has 0 aliphatic heterocycles. The highest BCUT2D eigenvalue weighted by molar-refractivity contribution is 6.32. The second-order valence-corrected chi connectivity index (χ2v) is 4.65. The first-order valence-electron chi connectivity index (χ1n) is 5.68. The highest BCUT2D eigenvalue weighted by Crippen LogP contribution is 2.31. The lowest BCUT2D eigenvalue weighted by Crippen LogP contribution is -2.25. The fraction of sp³-hybridized carbons (Fsp3) is 0.417. The van der Waals surface area contributed by atoms with Crippen LogP contribution in [-0.4, -0.2) is 16.8 Å². The van der Waals surface area contributed by atoms with Crippen LogP contribution in [-0.2, 0) is 4.79 Å². The Morgan fingerprint density at radius 1 is 1.44 bits per heavy atom. The zero-order valence-corrected chi connectivity index (χ0v) is 10.4. The van der Waals surface area contributed by atoms with Gasteiger partial charge in [0.2, 0.25) is 0 Å². The zero-order chi connectivity index (χ0) is 13.1. The monoisotopic (exact) mass is 269 g/mol. The maximum Gasteiger partial charge on any atom is 0.273 e. The molecule has 0 bridgehead atoms. The standard InChI is InChI=1S/C12H12ClNO4/c13-11-5-4-8(14(16)17)6-12(11)18-10-3-1-2-9(15)7-10/h4-6,10H,1-3,7H2. The first kappa shape index (κ1) is 12.8. The maximum absolute atomic E-state index is 11.3. The summed E-state index contributed by atoms with van der Waals surface area (Å²) < 4.78 is 5.59. The second kappa shape index (κ2) is 5.35. The first-order valence-corrected chi connectivity index (χ1v) is 6.06. The molecule has 6 heteroatoms. The molecule has 96 valence electrons. The molecule has 1 atom stereocenters. The van der Waals surface area contributed by atoms with Crippen LogP contribution in [0, 0.1) is 10.1 Å². The summed E-state index contributed by atoms with van der Waals surface area (Å²) in [7, 11) is 0. The van der Waals surface area contributed by atoms with Gasteiger partial charge >= 0.3 is 0 Å². The van der Waals surface area contributed by atoms with Crippen molar-refractivity contribution in [3.8, 4) is 5.75 Å². The molecule has 2 rings (SSSR count). The van der Waals surface area contributed by atoms with Crippen LogP contribution in [0.4, 0.5) is 5.69 Å². The number of nitro benzene ring substituents is 1. The highest BCUT2D eigenvalue weighted by Gasteiger charge is 2.22. The van der Waals surface area contributed by atoms with Crippen LogP contribution in [0.25, 0.3) is 0 Å². The van der Waals surface area contributed by atoms with Gasteiger partial charge in [-0.1, -0.05) is 11.6 Å². The Kier molecular flexibility index (Phi) is 3.81. The van der Waals surface area contributed by atoms with Gasteiger partial charge in [0.25, 0.3) is 5.69 Å². The van der Waals surface area contributed by atoms with Gasteiger partial charge in [-0.3, -0.25) is 14.9 Å². The number of rotatable bonds is 3. The van der Waals surface area contributed by atoms with E-state index in [1.54, 1.807) is 0 Å². The summed E-state index contributed by atoms with van der Waals surface area (Å²) >= 11 is 5.92. The van der Waals surface area contributed by atoms with Crippen LogP contribution >= 0.6 is 11.6 Å². The highest BCUT2D eigenvalue weighted by atomic mass is 35.5. The molecule has 5 nitrogen and oxygen atoms in total. The van der Waals surface area contributed by atoms with E-state index < -0.39 is 4.92 Å². The van der Waals surface area contributed by atoms with Crippen molar-refractivity contribution in [3.05, 3.63) is 33.3 Å². The van der Waals surface area contributed by atoms with Crippen molar-refractivity contribution in [3.63, 3.8) is 0 Å². The van der Waals surface area contributed by atoms with Gasteiger partial charge in [0, 0.05) is 18.9 Å². The SMILES string of the molecule is O=C1CCCC(Oc2cc([N+](=O)[O-])ccc2Cl)C1. The van der Waals surface area contributed by atoms with Gasteiger partial charge in [-0.05, 0) is 18.9 Å². The number of Topliss-reactive ketones (excluding diaryl/α,β-unsaturated/α-hetero) is 1. The maximum atomic E-state index is 11.3. The fourth-order valence-electron chi connectivity index (χ4n) is 1.96. The van der Waals surface area contributed by atoms with Gasteiger partial charge in [-0.15, -0.1) is 0 Å². The van der Waals surface area contributed by atoms with Gasteiger partial charge in [0.15, 0.2) is 0 Å². The topological polar surface area (TPSA) is 69.4 Å². The molecule has 0 heterocycles. The number of hydrogen-bond donors (Lipinski definition) is 0. The molecule has 1 unspecified atom stereocenters. The number of nitrogens with zero attached hydrogens (tertiary/aromatic N) is 1. The lowest BCUT2D eigenvalue weighted by Gasteiger charge is -2.22. The summed E-state index contributed by atoms with van der Waals surface area (Å²) in [5.74, 6) is 0.429. The summed E-state index contributed by atoms with van der Waals surface area (Å²) in [4.78, 5) is 21.5. The van der Waals surface area contributed by atoms with E-state index in [9.17, 15) is 14.9 Å². The quantitative estimate of drug-likeness (QED) is 0.624. The van der Waals surface area contributed by atoms with Crippen molar-refractivity contribution in [2.45, 2.75) is 31.8 Å². The molecule has 0 N–H and O–H groups in total. The lowest BCUT2D eigenvalue weighted by molar-refractivity contribution is -0.384. The third-order valence-corrected chi connectivity index (χ3v) is 3.17. The number of nitro groups is 1. The third kappa shape index (κ3) is 2.98. The van der Waals surface area contributed by atoms with Crippen LogP contribution in [0.1, 0.15) is 25.7 Å². The molecular formula is C12H12ClNO4. The molecule has 1 saturated carbocycles. The Balaban J connectivity index is 2.14. The van der Waals surface area contributed by atoms with Crippen LogP contribution in [0.15, 0.2) is 18.2 Å². The third-order valence-electron chi connectivity index (χ3n) is 2.86. The Morgan fingerprint density at radius 2 is 2.22 bits per heavy atom. The van der Waals surface area contributed by atoms with E-state index in [2.05, 4.69) is 0 Å². The summed E-state index contributed by atoms with van der Waals surface area (Å²) in [6.07, 6.45) is 2.26. The molecule has 18 heavy (non-hydrogen) atoms. The average Bonchev–Trinajstić information content (AvgIpc) is 2.31. The molecule has 1 aliphatic carbocycles. The Bertz CT molecular complexity index is 489. The minimum Gasteiger partial charge on any atom is -0.488 e. The predicted octanol–water partition coefficient (Wildman–Crippen LogP) is 3.14. The summed E-state index contributed by atoms with van der Waals surface area (Å²) in [6, 6.07) is 4.04. The van der Waals surface area contributed by atoms with Crippen molar-refractivity contribution < 1.29 is 14.5 Å². The van der Waals surface area contributed by atoms with Gasteiger partial charge < -0.3 is 4.74 Å². The normalized spacial score (nSPS) is 19.6. The van der Waals surface area contributed by atoms with Crippen molar-refractivity contribution in [2.75, 3.05) is 0 Å².